The maximum atomic E-state index is 12.7. The van der Waals surface area contributed by atoms with Crippen molar-refractivity contribution in [3.05, 3.63) is 11.1 Å². The number of alkyl halides is 4. The quantitative estimate of drug-likeness (QED) is 0.400. The van der Waals surface area contributed by atoms with Crippen LogP contribution in [0.5, 0.6) is 0 Å². The Kier molecular flexibility index (Phi) is 1.75. The zero-order valence-electron chi connectivity index (χ0n) is 6.22. The van der Waals surface area contributed by atoms with Gasteiger partial charge in [0, 0.05) is 12.0 Å². The smallest absolute Gasteiger partial charge is 0.219 e. The summed E-state index contributed by atoms with van der Waals surface area (Å²) in [5.74, 6) is -3.46. The van der Waals surface area contributed by atoms with Gasteiger partial charge in [0.05, 0.1) is 0 Å². The lowest BCUT2D eigenvalue weighted by Crippen LogP contribution is -2.52. The van der Waals surface area contributed by atoms with Crippen molar-refractivity contribution in [2.75, 3.05) is 0 Å². The van der Waals surface area contributed by atoms with Crippen LogP contribution in [-0.2, 0) is 0 Å². The molecule has 0 saturated heterocycles. The molecule has 0 bridgehead atoms. The highest BCUT2D eigenvalue weighted by atomic mass is 35.5. The molecule has 0 heterocycles. The Hall–Kier alpha value is -0.180. The Balaban J connectivity index is 2.95. The molecule has 0 aromatic heterocycles. The molecule has 1 unspecified atom stereocenters. The van der Waals surface area contributed by atoms with E-state index in [1.807, 2.05) is 0 Å². The summed E-state index contributed by atoms with van der Waals surface area (Å²) in [5, 5.41) is -2.85. The van der Waals surface area contributed by atoms with Crippen LogP contribution in [0.2, 0.25) is 0 Å². The molecule has 64 valence electrons. The highest BCUT2D eigenvalue weighted by Crippen LogP contribution is 2.57. The molecule has 0 nitrogen and oxygen atoms in total. The summed E-state index contributed by atoms with van der Waals surface area (Å²) in [5.41, 5.74) is 0.277. The second-order valence-corrected chi connectivity index (χ2v) is 3.53. The summed E-state index contributed by atoms with van der Waals surface area (Å²) in [6, 6.07) is 0. The monoisotopic (exact) mass is 184 g/mol. The predicted molar refractivity (Wildman–Crippen MR) is 37.6 cm³/mol. The van der Waals surface area contributed by atoms with E-state index >= 15 is 0 Å². The third-order valence-electron chi connectivity index (χ3n) is 1.84. The van der Waals surface area contributed by atoms with Gasteiger partial charge >= 0.3 is 5.92 Å². The minimum atomic E-state index is -3.46. The van der Waals surface area contributed by atoms with Crippen molar-refractivity contribution in [2.24, 2.45) is 0 Å². The van der Waals surface area contributed by atoms with Crippen LogP contribution in [0.15, 0.2) is 11.1 Å². The average molecular weight is 185 g/mol. The lowest BCUT2D eigenvalue weighted by atomic mass is 9.82. The number of allylic oxidation sites excluding steroid dienone is 2. The Labute approximate surface area is 68.0 Å². The van der Waals surface area contributed by atoms with Gasteiger partial charge in [-0.2, -0.15) is 8.78 Å². The van der Waals surface area contributed by atoms with Gasteiger partial charge in [-0.25, -0.2) is 4.39 Å². The first-order valence-corrected chi connectivity index (χ1v) is 3.59. The van der Waals surface area contributed by atoms with E-state index in [4.69, 9.17) is 11.6 Å². The van der Waals surface area contributed by atoms with Crippen molar-refractivity contribution in [1.82, 2.24) is 0 Å². The summed E-state index contributed by atoms with van der Waals surface area (Å²) in [6.07, 6.45) is -0.357. The van der Waals surface area contributed by atoms with Crippen molar-refractivity contribution < 1.29 is 13.2 Å². The van der Waals surface area contributed by atoms with Gasteiger partial charge in [0.25, 0.3) is 5.13 Å². The van der Waals surface area contributed by atoms with Crippen LogP contribution >= 0.6 is 11.6 Å². The fraction of sp³-hybridized carbons (Fsp3) is 0.714. The Morgan fingerprint density at radius 1 is 1.36 bits per heavy atom. The van der Waals surface area contributed by atoms with Gasteiger partial charge in [0.1, 0.15) is 0 Å². The molecule has 0 radical (unpaired) electrons. The van der Waals surface area contributed by atoms with Crippen molar-refractivity contribution in [2.45, 2.75) is 31.3 Å². The Morgan fingerprint density at radius 3 is 1.91 bits per heavy atom. The van der Waals surface area contributed by atoms with Crippen molar-refractivity contribution >= 4 is 11.6 Å². The van der Waals surface area contributed by atoms with E-state index in [1.165, 1.54) is 13.8 Å². The molecule has 0 amide bonds. The van der Waals surface area contributed by atoms with Gasteiger partial charge in [-0.15, -0.1) is 0 Å². The van der Waals surface area contributed by atoms with Crippen molar-refractivity contribution in [3.8, 4) is 0 Å². The molecule has 1 aliphatic carbocycles. The number of hydrogen-bond donors (Lipinski definition) is 0. The van der Waals surface area contributed by atoms with E-state index < -0.39 is 11.1 Å². The molecule has 1 saturated carbocycles. The van der Waals surface area contributed by atoms with Crippen LogP contribution in [0, 0.1) is 0 Å². The van der Waals surface area contributed by atoms with E-state index in [2.05, 4.69) is 0 Å². The summed E-state index contributed by atoms with van der Waals surface area (Å²) < 4.78 is 37.9. The standard InChI is InChI=1S/C7H8ClF3/c1-4(2)5-3-6(8,9)7(5,10)11/h3H2,1-2H3. The van der Waals surface area contributed by atoms with E-state index in [0.717, 1.165) is 0 Å². The molecular formula is C7H8ClF3. The van der Waals surface area contributed by atoms with Gasteiger partial charge in [-0.3, -0.25) is 0 Å². The molecule has 0 aromatic rings. The Morgan fingerprint density at radius 2 is 1.82 bits per heavy atom. The third kappa shape index (κ3) is 1.06. The Bertz CT molecular complexity index is 214. The zero-order valence-corrected chi connectivity index (χ0v) is 6.97. The second kappa shape index (κ2) is 2.16. The molecule has 0 aliphatic heterocycles. The molecule has 1 fully saturated rings. The molecule has 0 spiro atoms. The molecular weight excluding hydrogens is 177 g/mol. The molecule has 4 heteroatoms. The van der Waals surface area contributed by atoms with E-state index in [0.29, 0.717) is 5.57 Å². The summed E-state index contributed by atoms with van der Waals surface area (Å²) >= 11 is 4.88. The first-order chi connectivity index (χ1) is 4.79. The molecule has 0 N–H and O–H groups in total. The van der Waals surface area contributed by atoms with Gasteiger partial charge < -0.3 is 0 Å². The third-order valence-corrected chi connectivity index (χ3v) is 2.21. The van der Waals surface area contributed by atoms with Crippen LogP contribution in [-0.4, -0.2) is 11.1 Å². The minimum absolute atomic E-state index is 0.171. The number of rotatable bonds is 0. The first kappa shape index (κ1) is 8.91. The van der Waals surface area contributed by atoms with Crippen LogP contribution in [0.25, 0.3) is 0 Å². The minimum Gasteiger partial charge on any atom is -0.219 e. The largest absolute Gasteiger partial charge is 0.317 e. The van der Waals surface area contributed by atoms with Gasteiger partial charge in [-0.05, 0) is 13.8 Å². The average Bonchev–Trinajstić information content (AvgIpc) is 1.82. The summed E-state index contributed by atoms with van der Waals surface area (Å²) in [4.78, 5) is 0. The molecule has 1 aliphatic rings. The SMILES string of the molecule is CC(C)=C1CC(F)(Cl)C1(F)F. The maximum absolute atomic E-state index is 12.7. The van der Waals surface area contributed by atoms with Crippen molar-refractivity contribution in [3.63, 3.8) is 0 Å². The summed E-state index contributed by atoms with van der Waals surface area (Å²) in [7, 11) is 0. The summed E-state index contributed by atoms with van der Waals surface area (Å²) in [6.45, 7) is 3.05. The number of halogens is 4. The van der Waals surface area contributed by atoms with Crippen molar-refractivity contribution in [1.29, 1.82) is 0 Å². The fourth-order valence-corrected chi connectivity index (χ4v) is 1.30. The normalized spacial score (nSPS) is 34.9. The van der Waals surface area contributed by atoms with Crippen LogP contribution in [0.4, 0.5) is 13.2 Å². The van der Waals surface area contributed by atoms with Gasteiger partial charge in [0.2, 0.25) is 0 Å². The molecule has 0 aromatic carbocycles. The lowest BCUT2D eigenvalue weighted by Gasteiger charge is -2.41. The first-order valence-electron chi connectivity index (χ1n) is 3.21. The van der Waals surface area contributed by atoms with Crippen LogP contribution in [0.3, 0.4) is 0 Å². The second-order valence-electron chi connectivity index (χ2n) is 2.93. The highest BCUT2D eigenvalue weighted by molar-refractivity contribution is 6.25. The lowest BCUT2D eigenvalue weighted by molar-refractivity contribution is -0.113. The fourth-order valence-electron chi connectivity index (χ4n) is 1.05. The topological polar surface area (TPSA) is 0 Å². The highest BCUT2D eigenvalue weighted by Gasteiger charge is 2.66. The van der Waals surface area contributed by atoms with E-state index in [1.54, 1.807) is 0 Å². The van der Waals surface area contributed by atoms with Gasteiger partial charge in [0.15, 0.2) is 0 Å². The maximum Gasteiger partial charge on any atom is 0.317 e. The molecule has 1 rings (SSSR count). The molecule has 11 heavy (non-hydrogen) atoms. The zero-order chi connectivity index (χ0) is 8.86. The van der Waals surface area contributed by atoms with Gasteiger partial charge in [-0.1, -0.05) is 17.2 Å². The van der Waals surface area contributed by atoms with E-state index in [9.17, 15) is 13.2 Å². The predicted octanol–water partition coefficient (Wildman–Crippen LogP) is 3.27. The van der Waals surface area contributed by atoms with Crippen LogP contribution < -0.4 is 0 Å². The molecule has 1 atom stereocenters. The van der Waals surface area contributed by atoms with E-state index in [-0.39, 0.29) is 12.0 Å². The van der Waals surface area contributed by atoms with Crippen LogP contribution in [0.1, 0.15) is 20.3 Å². The number of hydrogen-bond acceptors (Lipinski definition) is 0.